The Morgan fingerprint density at radius 1 is 1.11 bits per heavy atom. The largest absolute Gasteiger partial charge is 0.469 e. The van der Waals surface area contributed by atoms with Gasteiger partial charge < -0.3 is 14.6 Å². The summed E-state index contributed by atoms with van der Waals surface area (Å²) >= 11 is 0. The lowest BCUT2D eigenvalue weighted by Gasteiger charge is -2.35. The Labute approximate surface area is 258 Å². The summed E-state index contributed by atoms with van der Waals surface area (Å²) in [5.41, 5.74) is 4.86. The minimum Gasteiger partial charge on any atom is -0.469 e. The summed E-state index contributed by atoms with van der Waals surface area (Å²) in [6, 6.07) is 10.1. The molecule has 7 nitrogen and oxygen atoms in total. The standard InChI is InChI=1S/C34H42F3N5O2/c1-4-41(21-23-8-10-26(11-9-23)33(43)44-3)31-18-28-7-5-6-27(28)17-29(31)20-39-32-12-13-40(2)42(32)22-25-14-24(19-38)15-30(16-25)34(35,36)37/h12-18,23,26,32,39H,4-11,20-22H2,1-3H3. The second-order valence-corrected chi connectivity index (χ2v) is 12.2. The van der Waals surface area contributed by atoms with E-state index in [1.54, 1.807) is 0 Å². The first-order chi connectivity index (χ1) is 21.1. The average Bonchev–Trinajstić information content (AvgIpc) is 3.63. The molecule has 2 aromatic carbocycles. The maximum absolute atomic E-state index is 13.5. The van der Waals surface area contributed by atoms with Crippen LogP contribution in [0.3, 0.4) is 0 Å². The number of nitrogens with one attached hydrogen (secondary N) is 1. The number of alkyl halides is 3. The number of carbonyl (C=O) groups excluding carboxylic acids is 1. The number of halogens is 3. The summed E-state index contributed by atoms with van der Waals surface area (Å²) < 4.78 is 45.5. The topological polar surface area (TPSA) is 71.8 Å². The van der Waals surface area contributed by atoms with Gasteiger partial charge >= 0.3 is 12.1 Å². The first-order valence-electron chi connectivity index (χ1n) is 15.6. The van der Waals surface area contributed by atoms with Crippen LogP contribution in [0.25, 0.3) is 0 Å². The van der Waals surface area contributed by atoms with Gasteiger partial charge in [-0.15, -0.1) is 0 Å². The fraction of sp³-hybridized carbons (Fsp3) is 0.529. The van der Waals surface area contributed by atoms with Crippen LogP contribution in [0.4, 0.5) is 18.9 Å². The van der Waals surface area contributed by atoms with Gasteiger partial charge in [-0.05, 0) is 110 Å². The van der Waals surface area contributed by atoms with Crippen molar-refractivity contribution in [2.45, 2.75) is 77.3 Å². The zero-order chi connectivity index (χ0) is 31.4. The van der Waals surface area contributed by atoms with Crippen LogP contribution in [0.2, 0.25) is 0 Å². The molecule has 1 N–H and O–H groups in total. The molecular weight excluding hydrogens is 567 g/mol. The van der Waals surface area contributed by atoms with Crippen molar-refractivity contribution in [3.8, 4) is 6.07 Å². The minimum atomic E-state index is -4.52. The number of nitriles is 1. The molecule has 0 aromatic heterocycles. The number of fused-ring (bicyclic) bond motifs is 1. The Balaban J connectivity index is 1.31. The lowest BCUT2D eigenvalue weighted by Crippen LogP contribution is -2.46. The van der Waals surface area contributed by atoms with Crippen molar-refractivity contribution < 1.29 is 22.7 Å². The molecule has 236 valence electrons. The van der Waals surface area contributed by atoms with Crippen molar-refractivity contribution in [3.63, 3.8) is 0 Å². The van der Waals surface area contributed by atoms with Crippen molar-refractivity contribution in [2.24, 2.45) is 11.8 Å². The highest BCUT2D eigenvalue weighted by Gasteiger charge is 2.33. The van der Waals surface area contributed by atoms with Gasteiger partial charge in [-0.2, -0.15) is 23.4 Å². The van der Waals surface area contributed by atoms with E-state index in [9.17, 15) is 23.2 Å². The van der Waals surface area contributed by atoms with E-state index in [4.69, 9.17) is 4.74 Å². The van der Waals surface area contributed by atoms with E-state index in [0.717, 1.165) is 70.2 Å². The molecule has 0 bridgehead atoms. The van der Waals surface area contributed by atoms with Gasteiger partial charge in [0.1, 0.15) is 0 Å². The number of ether oxygens (including phenoxy) is 1. The lowest BCUT2D eigenvalue weighted by molar-refractivity contribution is -0.146. The van der Waals surface area contributed by atoms with E-state index in [0.29, 0.717) is 18.0 Å². The van der Waals surface area contributed by atoms with Gasteiger partial charge in [0, 0.05) is 45.1 Å². The molecule has 44 heavy (non-hydrogen) atoms. The number of methoxy groups -OCH3 is 1. The molecule has 0 radical (unpaired) electrons. The smallest absolute Gasteiger partial charge is 0.416 e. The summed E-state index contributed by atoms with van der Waals surface area (Å²) in [6.07, 6.45) is 6.21. The Bertz CT molecular complexity index is 1410. The first kappa shape index (κ1) is 31.9. The number of hydrogen-bond donors (Lipinski definition) is 1. The van der Waals surface area contributed by atoms with Crippen LogP contribution in [0, 0.1) is 23.2 Å². The van der Waals surface area contributed by atoms with Crippen molar-refractivity contribution in [1.82, 2.24) is 15.3 Å². The number of carbonyl (C=O) groups is 1. The molecule has 1 aliphatic heterocycles. The monoisotopic (exact) mass is 609 g/mol. The van der Waals surface area contributed by atoms with E-state index in [2.05, 4.69) is 29.3 Å². The fourth-order valence-electron chi connectivity index (χ4n) is 6.94. The third kappa shape index (κ3) is 7.22. The van der Waals surface area contributed by atoms with Crippen LogP contribution >= 0.6 is 0 Å². The van der Waals surface area contributed by atoms with Crippen LogP contribution in [0.1, 0.15) is 72.4 Å². The average molecular weight is 610 g/mol. The third-order valence-electron chi connectivity index (χ3n) is 9.38. The quantitative estimate of drug-likeness (QED) is 0.324. The summed E-state index contributed by atoms with van der Waals surface area (Å²) in [7, 11) is 3.33. The predicted molar refractivity (Wildman–Crippen MR) is 163 cm³/mol. The third-order valence-corrected chi connectivity index (χ3v) is 9.38. The van der Waals surface area contributed by atoms with Crippen molar-refractivity contribution in [2.75, 3.05) is 32.1 Å². The highest BCUT2D eigenvalue weighted by atomic mass is 19.4. The maximum atomic E-state index is 13.5. The summed E-state index contributed by atoms with van der Waals surface area (Å²) in [6.45, 7) is 4.81. The fourth-order valence-corrected chi connectivity index (χ4v) is 6.94. The Kier molecular flexibility index (Phi) is 9.86. The van der Waals surface area contributed by atoms with Crippen LogP contribution in [0.15, 0.2) is 42.6 Å². The van der Waals surface area contributed by atoms with E-state index in [1.165, 1.54) is 35.6 Å². The lowest BCUT2D eigenvalue weighted by atomic mass is 9.81. The van der Waals surface area contributed by atoms with Crippen molar-refractivity contribution >= 4 is 11.7 Å². The molecule has 0 saturated heterocycles. The van der Waals surface area contributed by atoms with E-state index in [1.807, 2.05) is 35.4 Å². The number of benzene rings is 2. The van der Waals surface area contributed by atoms with E-state index in [-0.39, 0.29) is 30.2 Å². The van der Waals surface area contributed by atoms with Gasteiger partial charge in [-0.3, -0.25) is 10.1 Å². The van der Waals surface area contributed by atoms with Crippen LogP contribution in [-0.2, 0) is 41.6 Å². The molecule has 2 aliphatic carbocycles. The molecule has 0 amide bonds. The van der Waals surface area contributed by atoms with Crippen LogP contribution in [-0.4, -0.2) is 49.4 Å². The number of anilines is 1. The van der Waals surface area contributed by atoms with Gasteiger partial charge in [-0.25, -0.2) is 0 Å². The Hall–Kier alpha value is -3.55. The molecule has 3 aliphatic rings. The summed E-state index contributed by atoms with van der Waals surface area (Å²) in [5.74, 6) is 0.425. The molecule has 1 heterocycles. The number of rotatable bonds is 10. The summed E-state index contributed by atoms with van der Waals surface area (Å²) in [4.78, 5) is 14.5. The molecule has 1 fully saturated rings. The summed E-state index contributed by atoms with van der Waals surface area (Å²) in [5, 5.41) is 16.8. The molecule has 1 saturated carbocycles. The molecule has 10 heteroatoms. The second kappa shape index (κ2) is 13.6. The van der Waals surface area contributed by atoms with Gasteiger partial charge in [0.05, 0.1) is 36.4 Å². The number of aryl methyl sites for hydroxylation is 2. The molecule has 1 atom stereocenters. The van der Waals surface area contributed by atoms with Crippen molar-refractivity contribution in [1.29, 1.82) is 5.26 Å². The normalized spacial score (nSPS) is 21.8. The van der Waals surface area contributed by atoms with E-state index < -0.39 is 11.7 Å². The molecule has 5 rings (SSSR count). The van der Waals surface area contributed by atoms with Gasteiger partial charge in [0.15, 0.2) is 0 Å². The number of hydrogen-bond acceptors (Lipinski definition) is 7. The molecule has 1 unspecified atom stereocenters. The van der Waals surface area contributed by atoms with Crippen molar-refractivity contribution in [3.05, 3.63) is 76.0 Å². The minimum absolute atomic E-state index is 0.00429. The van der Waals surface area contributed by atoms with Gasteiger partial charge in [-0.1, -0.05) is 6.07 Å². The highest BCUT2D eigenvalue weighted by molar-refractivity contribution is 5.72. The molecule has 0 spiro atoms. The van der Waals surface area contributed by atoms with Crippen LogP contribution in [0.5, 0.6) is 0 Å². The molecule has 2 aromatic rings. The molecular formula is C34H42F3N5O2. The maximum Gasteiger partial charge on any atom is 0.416 e. The Morgan fingerprint density at radius 2 is 1.84 bits per heavy atom. The predicted octanol–water partition coefficient (Wildman–Crippen LogP) is 6.16. The SMILES string of the molecule is CCN(CC1CCC(C(=O)OC)CC1)c1cc2c(cc1CNC1C=CN(C)N1Cc1cc(C#N)cc(C(F)(F)F)c1)CCC2. The Morgan fingerprint density at radius 3 is 2.50 bits per heavy atom. The first-order valence-corrected chi connectivity index (χ1v) is 15.6. The van der Waals surface area contributed by atoms with E-state index >= 15 is 0 Å². The number of esters is 1. The number of hydrazine groups is 1. The zero-order valence-corrected chi connectivity index (χ0v) is 25.8. The second-order valence-electron chi connectivity index (χ2n) is 12.2. The van der Waals surface area contributed by atoms with Crippen LogP contribution < -0.4 is 10.2 Å². The zero-order valence-electron chi connectivity index (χ0n) is 25.8. The highest BCUT2D eigenvalue weighted by Crippen LogP contribution is 2.35. The van der Waals surface area contributed by atoms with Gasteiger partial charge in [0.2, 0.25) is 0 Å². The number of nitrogens with zero attached hydrogens (tertiary/aromatic N) is 4. The van der Waals surface area contributed by atoms with Gasteiger partial charge in [0.25, 0.3) is 0 Å².